The average molecular weight is 338 g/mol. The molecule has 1 aliphatic rings. The molecule has 1 aliphatic heterocycles. The second-order valence-electron chi connectivity index (χ2n) is 4.58. The third kappa shape index (κ3) is 3.73. The molecule has 0 radical (unpaired) electrons. The number of ether oxygens (including phenoxy) is 1. The van der Waals surface area contributed by atoms with E-state index in [0.717, 1.165) is 34.2 Å². The summed E-state index contributed by atoms with van der Waals surface area (Å²) in [6, 6.07) is 13.4. The molecule has 3 rings (SSSR count). The van der Waals surface area contributed by atoms with Gasteiger partial charge < -0.3 is 4.74 Å². The van der Waals surface area contributed by atoms with Crippen LogP contribution < -0.4 is 4.74 Å². The van der Waals surface area contributed by atoms with Crippen molar-refractivity contribution in [3.63, 3.8) is 0 Å². The van der Waals surface area contributed by atoms with Crippen LogP contribution in [0.5, 0.6) is 5.75 Å². The lowest BCUT2D eigenvalue weighted by atomic mass is 10.2. The van der Waals surface area contributed by atoms with Gasteiger partial charge in [-0.05, 0) is 36.4 Å². The molecule has 0 atom stereocenters. The summed E-state index contributed by atoms with van der Waals surface area (Å²) < 4.78 is 5.76. The summed E-state index contributed by atoms with van der Waals surface area (Å²) in [7, 11) is 0. The van der Waals surface area contributed by atoms with E-state index in [1.54, 1.807) is 17.8 Å². The van der Waals surface area contributed by atoms with Crippen LogP contribution in [0.3, 0.4) is 0 Å². The van der Waals surface area contributed by atoms with Crippen LogP contribution >= 0.6 is 35.0 Å². The van der Waals surface area contributed by atoms with E-state index in [4.69, 9.17) is 27.9 Å². The molecule has 0 fully saturated rings. The van der Waals surface area contributed by atoms with E-state index >= 15 is 0 Å². The molecule has 21 heavy (non-hydrogen) atoms. The zero-order valence-electron chi connectivity index (χ0n) is 11.2. The minimum atomic E-state index is 0.422. The van der Waals surface area contributed by atoms with Gasteiger partial charge in [-0.15, -0.1) is 11.8 Å². The Morgan fingerprint density at radius 2 is 1.90 bits per heavy atom. The van der Waals surface area contributed by atoms with Crippen LogP contribution in [0.2, 0.25) is 10.0 Å². The third-order valence-corrected chi connectivity index (χ3v) is 4.71. The highest BCUT2D eigenvalue weighted by molar-refractivity contribution is 8.14. The molecule has 108 valence electrons. The topological polar surface area (TPSA) is 21.6 Å². The predicted molar refractivity (Wildman–Crippen MR) is 91.1 cm³/mol. The van der Waals surface area contributed by atoms with Crippen LogP contribution in [-0.2, 0) is 6.61 Å². The molecule has 0 aromatic heterocycles. The van der Waals surface area contributed by atoms with Crippen LogP contribution in [0.4, 0.5) is 0 Å². The first kappa shape index (κ1) is 14.8. The largest absolute Gasteiger partial charge is 0.489 e. The number of aliphatic imine (C=N–C) groups is 1. The highest BCUT2D eigenvalue weighted by atomic mass is 35.5. The van der Waals surface area contributed by atoms with Crippen molar-refractivity contribution in [2.45, 2.75) is 6.61 Å². The van der Waals surface area contributed by atoms with E-state index < -0.39 is 0 Å². The zero-order chi connectivity index (χ0) is 14.7. The molecular weight excluding hydrogens is 325 g/mol. The Kier molecular flexibility index (Phi) is 4.73. The summed E-state index contributed by atoms with van der Waals surface area (Å²) in [4.78, 5) is 4.46. The summed E-state index contributed by atoms with van der Waals surface area (Å²) >= 11 is 13.8. The van der Waals surface area contributed by atoms with E-state index in [1.165, 1.54) is 0 Å². The van der Waals surface area contributed by atoms with Gasteiger partial charge in [0, 0.05) is 33.5 Å². The van der Waals surface area contributed by atoms with E-state index in [0.29, 0.717) is 16.7 Å². The minimum absolute atomic E-state index is 0.422. The van der Waals surface area contributed by atoms with Crippen molar-refractivity contribution in [3.8, 4) is 5.75 Å². The summed E-state index contributed by atoms with van der Waals surface area (Å²) in [5.74, 6) is 1.89. The van der Waals surface area contributed by atoms with Gasteiger partial charge in [0.1, 0.15) is 12.4 Å². The van der Waals surface area contributed by atoms with Crippen molar-refractivity contribution in [1.82, 2.24) is 0 Å². The van der Waals surface area contributed by atoms with Crippen LogP contribution in [-0.4, -0.2) is 17.3 Å². The second-order valence-corrected chi connectivity index (χ2v) is 6.51. The maximum absolute atomic E-state index is 6.12. The van der Waals surface area contributed by atoms with E-state index in [1.807, 2.05) is 36.4 Å². The van der Waals surface area contributed by atoms with Gasteiger partial charge in [-0.25, -0.2) is 0 Å². The number of nitrogens with zero attached hydrogens (tertiary/aromatic N) is 1. The molecule has 2 aromatic carbocycles. The summed E-state index contributed by atoms with van der Waals surface area (Å²) in [6.45, 7) is 1.33. The zero-order valence-corrected chi connectivity index (χ0v) is 13.5. The predicted octanol–water partition coefficient (Wildman–Crippen LogP) is 5.07. The number of benzene rings is 2. The molecule has 5 heteroatoms. The molecule has 1 heterocycles. The summed E-state index contributed by atoms with van der Waals surface area (Å²) in [6.07, 6.45) is 0. The maximum Gasteiger partial charge on any atom is 0.119 e. The third-order valence-electron chi connectivity index (χ3n) is 3.10. The number of rotatable bonds is 4. The van der Waals surface area contributed by atoms with Gasteiger partial charge in [0.2, 0.25) is 0 Å². The van der Waals surface area contributed by atoms with Crippen molar-refractivity contribution in [3.05, 3.63) is 63.6 Å². The van der Waals surface area contributed by atoms with Gasteiger partial charge >= 0.3 is 0 Å². The molecule has 2 nitrogen and oxygen atoms in total. The first-order valence-electron chi connectivity index (χ1n) is 6.57. The molecule has 0 bridgehead atoms. The van der Waals surface area contributed by atoms with Crippen molar-refractivity contribution in [1.29, 1.82) is 0 Å². The molecule has 0 aliphatic carbocycles. The first-order chi connectivity index (χ1) is 10.2. The number of thioether (sulfide) groups is 1. The van der Waals surface area contributed by atoms with Crippen molar-refractivity contribution in [2.24, 2.45) is 4.99 Å². The Labute approximate surface area is 138 Å². The van der Waals surface area contributed by atoms with Gasteiger partial charge in [-0.3, -0.25) is 4.99 Å². The Hall–Kier alpha value is -1.16. The fourth-order valence-corrected chi connectivity index (χ4v) is 3.33. The molecule has 0 spiro atoms. The number of hydrogen-bond donors (Lipinski definition) is 0. The fourth-order valence-electron chi connectivity index (χ4n) is 2.00. The maximum atomic E-state index is 6.12. The van der Waals surface area contributed by atoms with Crippen LogP contribution in [0, 0.1) is 0 Å². The Balaban J connectivity index is 1.65. The quantitative estimate of drug-likeness (QED) is 0.777. The fraction of sp³-hybridized carbons (Fsp3) is 0.188. The van der Waals surface area contributed by atoms with Gasteiger partial charge in [-0.2, -0.15) is 0 Å². The van der Waals surface area contributed by atoms with Crippen molar-refractivity contribution in [2.75, 3.05) is 12.3 Å². The summed E-state index contributed by atoms with van der Waals surface area (Å²) in [5, 5.41) is 2.36. The molecule has 0 saturated heterocycles. The average Bonchev–Trinajstić information content (AvgIpc) is 3.01. The Bertz CT molecular complexity index is 670. The Morgan fingerprint density at radius 3 is 2.57 bits per heavy atom. The number of halogens is 2. The molecule has 0 unspecified atom stereocenters. The number of hydrogen-bond acceptors (Lipinski definition) is 3. The monoisotopic (exact) mass is 337 g/mol. The highest BCUT2D eigenvalue weighted by Crippen LogP contribution is 2.24. The van der Waals surface area contributed by atoms with Gasteiger partial charge in [0.15, 0.2) is 0 Å². The molecule has 0 saturated carbocycles. The van der Waals surface area contributed by atoms with E-state index in [-0.39, 0.29) is 0 Å². The van der Waals surface area contributed by atoms with E-state index in [9.17, 15) is 0 Å². The second kappa shape index (κ2) is 6.73. The lowest BCUT2D eigenvalue weighted by molar-refractivity contribution is 0.306. The lowest BCUT2D eigenvalue weighted by Crippen LogP contribution is -1.97. The molecule has 0 N–H and O–H groups in total. The first-order valence-corrected chi connectivity index (χ1v) is 8.31. The van der Waals surface area contributed by atoms with Gasteiger partial charge in [-0.1, -0.05) is 29.3 Å². The molecular formula is C16H13Cl2NOS. The molecule has 0 amide bonds. The highest BCUT2D eigenvalue weighted by Gasteiger charge is 2.09. The summed E-state index contributed by atoms with van der Waals surface area (Å²) in [5.41, 5.74) is 2.07. The van der Waals surface area contributed by atoms with Gasteiger partial charge in [0.25, 0.3) is 0 Å². The van der Waals surface area contributed by atoms with E-state index in [2.05, 4.69) is 4.99 Å². The van der Waals surface area contributed by atoms with Crippen molar-refractivity contribution < 1.29 is 4.74 Å². The van der Waals surface area contributed by atoms with Gasteiger partial charge in [0.05, 0.1) is 5.04 Å². The van der Waals surface area contributed by atoms with Crippen LogP contribution in [0.25, 0.3) is 0 Å². The Morgan fingerprint density at radius 1 is 1.10 bits per heavy atom. The SMILES string of the molecule is Clc1ccc(COc2ccc(C3=NCCS3)cc2)c(Cl)c1. The van der Waals surface area contributed by atoms with Crippen LogP contribution in [0.1, 0.15) is 11.1 Å². The van der Waals surface area contributed by atoms with Crippen molar-refractivity contribution >= 4 is 40.0 Å². The lowest BCUT2D eigenvalue weighted by Gasteiger charge is -2.09. The van der Waals surface area contributed by atoms with Crippen LogP contribution in [0.15, 0.2) is 47.5 Å². The molecule has 2 aromatic rings. The minimum Gasteiger partial charge on any atom is -0.489 e. The normalized spacial score (nSPS) is 14.1. The standard InChI is InChI=1S/C16H13Cl2NOS/c17-13-4-1-12(15(18)9-13)10-20-14-5-2-11(3-6-14)16-19-7-8-21-16/h1-6,9H,7-8,10H2. The smallest absolute Gasteiger partial charge is 0.119 e.